The van der Waals surface area contributed by atoms with Gasteiger partial charge in [0, 0.05) is 6.20 Å². The van der Waals surface area contributed by atoms with Crippen molar-refractivity contribution in [2.75, 3.05) is 0 Å². The SMILES string of the molecule is CC1CCCC(C(O)c2ccnn2-c2ccccc2)C1. The Labute approximate surface area is 120 Å². The van der Waals surface area contributed by atoms with E-state index in [4.69, 9.17) is 0 Å². The normalized spacial score (nSPS) is 24.5. The summed E-state index contributed by atoms with van der Waals surface area (Å²) in [6.45, 7) is 2.29. The van der Waals surface area contributed by atoms with Gasteiger partial charge in [-0.25, -0.2) is 4.68 Å². The van der Waals surface area contributed by atoms with Gasteiger partial charge < -0.3 is 5.11 Å². The molecule has 3 rings (SSSR count). The van der Waals surface area contributed by atoms with Crippen molar-refractivity contribution in [1.29, 1.82) is 0 Å². The van der Waals surface area contributed by atoms with Gasteiger partial charge in [-0.3, -0.25) is 0 Å². The third-order valence-electron chi connectivity index (χ3n) is 4.40. The van der Waals surface area contributed by atoms with Crippen molar-refractivity contribution in [2.24, 2.45) is 11.8 Å². The maximum absolute atomic E-state index is 10.7. The first-order valence-electron chi connectivity index (χ1n) is 7.53. The summed E-state index contributed by atoms with van der Waals surface area (Å²) in [6.07, 6.45) is 6.11. The Morgan fingerprint density at radius 3 is 2.75 bits per heavy atom. The minimum Gasteiger partial charge on any atom is -0.387 e. The van der Waals surface area contributed by atoms with Crippen molar-refractivity contribution >= 4 is 0 Å². The standard InChI is InChI=1S/C17H22N2O/c1-13-6-5-7-14(12-13)17(20)16-10-11-18-19(16)15-8-3-2-4-9-15/h2-4,8-11,13-14,17,20H,5-7,12H2,1H3. The van der Waals surface area contributed by atoms with Crippen molar-refractivity contribution < 1.29 is 5.11 Å². The van der Waals surface area contributed by atoms with Crippen LogP contribution in [0.1, 0.15) is 44.4 Å². The molecule has 0 saturated heterocycles. The van der Waals surface area contributed by atoms with E-state index in [0.717, 1.165) is 30.1 Å². The zero-order valence-corrected chi connectivity index (χ0v) is 11.9. The molecule has 2 aromatic rings. The first kappa shape index (κ1) is 13.4. The largest absolute Gasteiger partial charge is 0.387 e. The monoisotopic (exact) mass is 270 g/mol. The van der Waals surface area contributed by atoms with E-state index >= 15 is 0 Å². The molecule has 0 bridgehead atoms. The Hall–Kier alpha value is -1.61. The molecule has 1 aliphatic carbocycles. The van der Waals surface area contributed by atoms with E-state index in [1.54, 1.807) is 6.20 Å². The molecule has 106 valence electrons. The minimum absolute atomic E-state index is 0.359. The number of aromatic nitrogens is 2. The fourth-order valence-corrected chi connectivity index (χ4v) is 3.33. The molecule has 3 atom stereocenters. The van der Waals surface area contributed by atoms with Crippen LogP contribution in [0.2, 0.25) is 0 Å². The Balaban J connectivity index is 1.86. The third kappa shape index (κ3) is 2.63. The average molecular weight is 270 g/mol. The Morgan fingerprint density at radius 1 is 1.20 bits per heavy atom. The van der Waals surface area contributed by atoms with Crippen LogP contribution >= 0.6 is 0 Å². The second-order valence-corrected chi connectivity index (χ2v) is 5.98. The third-order valence-corrected chi connectivity index (χ3v) is 4.40. The van der Waals surface area contributed by atoms with Gasteiger partial charge in [-0.05, 0) is 42.9 Å². The molecule has 0 aliphatic heterocycles. The van der Waals surface area contributed by atoms with Gasteiger partial charge in [-0.1, -0.05) is 38.0 Å². The lowest BCUT2D eigenvalue weighted by Crippen LogP contribution is -2.22. The average Bonchev–Trinajstić information content (AvgIpc) is 2.97. The van der Waals surface area contributed by atoms with Gasteiger partial charge in [0.1, 0.15) is 0 Å². The predicted octanol–water partition coefficient (Wildman–Crippen LogP) is 3.73. The van der Waals surface area contributed by atoms with Crippen molar-refractivity contribution in [3.8, 4) is 5.69 Å². The molecular formula is C17H22N2O. The number of nitrogens with zero attached hydrogens (tertiary/aromatic N) is 2. The molecule has 1 aromatic heterocycles. The molecule has 20 heavy (non-hydrogen) atoms. The van der Waals surface area contributed by atoms with E-state index in [-0.39, 0.29) is 0 Å². The lowest BCUT2D eigenvalue weighted by Gasteiger charge is -2.30. The van der Waals surface area contributed by atoms with Crippen LogP contribution in [0.5, 0.6) is 0 Å². The summed E-state index contributed by atoms with van der Waals surface area (Å²) in [6, 6.07) is 12.0. The Morgan fingerprint density at radius 2 is 2.00 bits per heavy atom. The molecule has 3 heteroatoms. The van der Waals surface area contributed by atoms with Crippen LogP contribution in [-0.2, 0) is 0 Å². The van der Waals surface area contributed by atoms with Crippen LogP contribution < -0.4 is 0 Å². The molecule has 1 aromatic carbocycles. The molecular weight excluding hydrogens is 248 g/mol. The molecule has 1 heterocycles. The number of aliphatic hydroxyl groups excluding tert-OH is 1. The van der Waals surface area contributed by atoms with Crippen LogP contribution in [0, 0.1) is 11.8 Å². The Bertz CT molecular complexity index is 549. The van der Waals surface area contributed by atoms with Gasteiger partial charge in [0.25, 0.3) is 0 Å². The second kappa shape index (κ2) is 5.80. The number of hydrogen-bond donors (Lipinski definition) is 1. The van der Waals surface area contributed by atoms with Crippen LogP contribution in [0.4, 0.5) is 0 Å². The van der Waals surface area contributed by atoms with Crippen LogP contribution in [0.15, 0.2) is 42.6 Å². The van der Waals surface area contributed by atoms with Gasteiger partial charge in [0.2, 0.25) is 0 Å². The minimum atomic E-state index is -0.416. The lowest BCUT2D eigenvalue weighted by atomic mass is 9.79. The molecule has 1 saturated carbocycles. The quantitative estimate of drug-likeness (QED) is 0.922. The summed E-state index contributed by atoms with van der Waals surface area (Å²) in [7, 11) is 0. The topological polar surface area (TPSA) is 38.1 Å². The zero-order valence-electron chi connectivity index (χ0n) is 11.9. The summed E-state index contributed by atoms with van der Waals surface area (Å²) in [5, 5.41) is 15.1. The van der Waals surface area contributed by atoms with Gasteiger partial charge in [0.05, 0.1) is 17.5 Å². The van der Waals surface area contributed by atoms with Gasteiger partial charge in [0.15, 0.2) is 0 Å². The molecule has 1 aliphatic rings. The number of para-hydroxylation sites is 1. The van der Waals surface area contributed by atoms with E-state index in [0.29, 0.717) is 5.92 Å². The number of aliphatic hydroxyl groups is 1. The highest BCUT2D eigenvalue weighted by atomic mass is 16.3. The van der Waals surface area contributed by atoms with Gasteiger partial charge in [-0.2, -0.15) is 5.10 Å². The molecule has 1 fully saturated rings. The van der Waals surface area contributed by atoms with Crippen molar-refractivity contribution in [1.82, 2.24) is 9.78 Å². The fourth-order valence-electron chi connectivity index (χ4n) is 3.33. The van der Waals surface area contributed by atoms with Crippen molar-refractivity contribution in [2.45, 2.75) is 38.7 Å². The first-order valence-corrected chi connectivity index (χ1v) is 7.53. The molecule has 1 N–H and O–H groups in total. The summed E-state index contributed by atoms with van der Waals surface area (Å²) in [4.78, 5) is 0. The number of rotatable bonds is 3. The van der Waals surface area contributed by atoms with E-state index < -0.39 is 6.10 Å². The molecule has 0 spiro atoms. The predicted molar refractivity (Wildman–Crippen MR) is 79.6 cm³/mol. The fraction of sp³-hybridized carbons (Fsp3) is 0.471. The summed E-state index contributed by atoms with van der Waals surface area (Å²) < 4.78 is 1.87. The second-order valence-electron chi connectivity index (χ2n) is 5.98. The van der Waals surface area contributed by atoms with E-state index in [1.165, 1.54) is 12.8 Å². The number of hydrogen-bond acceptors (Lipinski definition) is 2. The summed E-state index contributed by atoms with van der Waals surface area (Å²) >= 11 is 0. The highest BCUT2D eigenvalue weighted by molar-refractivity contribution is 5.32. The van der Waals surface area contributed by atoms with E-state index in [2.05, 4.69) is 12.0 Å². The van der Waals surface area contributed by atoms with E-state index in [1.807, 2.05) is 41.1 Å². The molecule has 0 amide bonds. The molecule has 3 unspecified atom stereocenters. The zero-order chi connectivity index (χ0) is 13.9. The van der Waals surface area contributed by atoms with Crippen molar-refractivity contribution in [3.05, 3.63) is 48.3 Å². The smallest absolute Gasteiger partial charge is 0.0989 e. The maximum Gasteiger partial charge on any atom is 0.0989 e. The van der Waals surface area contributed by atoms with Gasteiger partial charge in [-0.15, -0.1) is 0 Å². The highest BCUT2D eigenvalue weighted by Gasteiger charge is 2.28. The first-order chi connectivity index (χ1) is 9.75. The van der Waals surface area contributed by atoms with Crippen LogP contribution in [0.3, 0.4) is 0 Å². The molecule has 3 nitrogen and oxygen atoms in total. The van der Waals surface area contributed by atoms with Crippen LogP contribution in [0.25, 0.3) is 5.69 Å². The highest BCUT2D eigenvalue weighted by Crippen LogP contribution is 2.37. The number of benzene rings is 1. The van der Waals surface area contributed by atoms with Crippen LogP contribution in [-0.4, -0.2) is 14.9 Å². The maximum atomic E-state index is 10.7. The van der Waals surface area contributed by atoms with Crippen molar-refractivity contribution in [3.63, 3.8) is 0 Å². The summed E-state index contributed by atoms with van der Waals surface area (Å²) in [5.74, 6) is 1.08. The lowest BCUT2D eigenvalue weighted by molar-refractivity contribution is 0.0661. The van der Waals surface area contributed by atoms with Gasteiger partial charge >= 0.3 is 0 Å². The summed E-state index contributed by atoms with van der Waals surface area (Å²) in [5.41, 5.74) is 1.92. The molecule has 0 radical (unpaired) electrons. The van der Waals surface area contributed by atoms with E-state index in [9.17, 15) is 5.11 Å². The Kier molecular flexibility index (Phi) is 3.88.